The zero-order valence-corrected chi connectivity index (χ0v) is 28.5. The van der Waals surface area contributed by atoms with E-state index in [1.54, 1.807) is 79.7 Å². The van der Waals surface area contributed by atoms with Crippen molar-refractivity contribution in [3.8, 4) is 11.1 Å². The Labute approximate surface area is 296 Å². The van der Waals surface area contributed by atoms with Crippen molar-refractivity contribution in [2.24, 2.45) is 0 Å². The lowest BCUT2D eigenvalue weighted by Gasteiger charge is -2.16. The highest BCUT2D eigenvalue weighted by Crippen LogP contribution is 2.29. The van der Waals surface area contributed by atoms with Crippen molar-refractivity contribution in [2.45, 2.75) is 30.4 Å². The van der Waals surface area contributed by atoms with Gasteiger partial charge in [0.25, 0.3) is 11.8 Å². The van der Waals surface area contributed by atoms with E-state index in [0.29, 0.717) is 28.9 Å². The van der Waals surface area contributed by atoms with Crippen LogP contribution in [0.2, 0.25) is 0 Å². The Morgan fingerprint density at radius 2 is 1.34 bits per heavy atom. The van der Waals surface area contributed by atoms with Crippen LogP contribution in [-0.4, -0.2) is 35.5 Å². The third-order valence-electron chi connectivity index (χ3n) is 7.55. The largest absolute Gasteiger partial charge is 0.462 e. The molecule has 0 radical (unpaired) electrons. The lowest BCUT2D eigenvalue weighted by molar-refractivity contribution is -0.116. The molecule has 5 rings (SSSR count). The minimum absolute atomic E-state index is 0.0733. The molecule has 0 aliphatic carbocycles. The maximum Gasteiger partial charge on any atom is 0.338 e. The van der Waals surface area contributed by atoms with Crippen LogP contribution in [0.5, 0.6) is 0 Å². The van der Waals surface area contributed by atoms with Crippen molar-refractivity contribution in [3.05, 3.63) is 156 Å². The van der Waals surface area contributed by atoms with Gasteiger partial charge in [0.1, 0.15) is 5.70 Å². The van der Waals surface area contributed by atoms with E-state index in [-0.39, 0.29) is 18.2 Å². The first-order valence-corrected chi connectivity index (χ1v) is 17.1. The Hall–Kier alpha value is -5.93. The molecule has 9 heteroatoms. The molecule has 0 aliphatic heterocycles. The average molecular weight is 684 g/mol. The van der Waals surface area contributed by atoms with Crippen LogP contribution in [0.1, 0.15) is 46.5 Å². The number of nitrogens with one attached hydrogen (secondary N) is 3. The first-order chi connectivity index (χ1) is 24.3. The summed E-state index contributed by atoms with van der Waals surface area (Å²) in [6.07, 6.45) is 2.19. The number of amides is 3. The van der Waals surface area contributed by atoms with Gasteiger partial charge in [-0.15, -0.1) is 11.8 Å². The molecular formula is C41H37N3O5S. The van der Waals surface area contributed by atoms with Crippen LogP contribution in [-0.2, 0) is 14.3 Å². The molecule has 0 fully saturated rings. The fourth-order valence-electron chi connectivity index (χ4n) is 4.97. The highest BCUT2D eigenvalue weighted by atomic mass is 32.2. The molecule has 1 atom stereocenters. The van der Waals surface area contributed by atoms with E-state index in [4.69, 9.17) is 4.74 Å². The van der Waals surface area contributed by atoms with Gasteiger partial charge in [0.2, 0.25) is 5.91 Å². The number of thioether (sulfide) groups is 1. The van der Waals surface area contributed by atoms with Gasteiger partial charge in [-0.2, -0.15) is 0 Å². The van der Waals surface area contributed by atoms with E-state index in [2.05, 4.69) is 16.0 Å². The molecule has 5 aromatic carbocycles. The smallest absolute Gasteiger partial charge is 0.338 e. The van der Waals surface area contributed by atoms with Crippen LogP contribution in [0.15, 0.2) is 144 Å². The highest BCUT2D eigenvalue weighted by molar-refractivity contribution is 8.00. The first-order valence-electron chi connectivity index (χ1n) is 16.2. The molecule has 0 saturated heterocycles. The van der Waals surface area contributed by atoms with Gasteiger partial charge in [0.15, 0.2) is 0 Å². The van der Waals surface area contributed by atoms with Gasteiger partial charge in [-0.3, -0.25) is 14.4 Å². The molecule has 3 N–H and O–H groups in total. The second kappa shape index (κ2) is 17.5. The Bertz CT molecular complexity index is 1960. The fourth-order valence-corrected chi connectivity index (χ4v) is 5.98. The molecule has 5 aromatic rings. The summed E-state index contributed by atoms with van der Waals surface area (Å²) in [6.45, 7) is 3.95. The SMILES string of the molecule is CCOC(=O)c1ccc(NC(=O)C(CC)Sc2cccc(NC(=O)/C(=C\c3ccc(-c4ccccc4)cc3)NC(=O)c3ccccc3)c2)cc1. The highest BCUT2D eigenvalue weighted by Gasteiger charge is 2.20. The van der Waals surface area contributed by atoms with Crippen molar-refractivity contribution < 1.29 is 23.9 Å². The predicted molar refractivity (Wildman–Crippen MR) is 200 cm³/mol. The van der Waals surface area contributed by atoms with Crippen LogP contribution in [0.4, 0.5) is 11.4 Å². The van der Waals surface area contributed by atoms with E-state index in [9.17, 15) is 19.2 Å². The molecule has 8 nitrogen and oxygen atoms in total. The normalized spacial score (nSPS) is 11.6. The van der Waals surface area contributed by atoms with Crippen LogP contribution in [0.3, 0.4) is 0 Å². The van der Waals surface area contributed by atoms with E-state index in [1.165, 1.54) is 11.8 Å². The molecule has 252 valence electrons. The molecule has 0 bridgehead atoms. The van der Waals surface area contributed by atoms with Crippen molar-refractivity contribution in [1.29, 1.82) is 0 Å². The Balaban J connectivity index is 1.29. The second-order valence-corrected chi connectivity index (χ2v) is 12.4. The number of hydrogen-bond acceptors (Lipinski definition) is 6. The fraction of sp³-hybridized carbons (Fsp3) is 0.122. The number of ether oxygens (including phenoxy) is 1. The number of anilines is 2. The molecule has 50 heavy (non-hydrogen) atoms. The van der Waals surface area contributed by atoms with Gasteiger partial charge in [-0.1, -0.05) is 85.8 Å². The van der Waals surface area contributed by atoms with Gasteiger partial charge >= 0.3 is 5.97 Å². The molecule has 0 saturated carbocycles. The maximum absolute atomic E-state index is 13.7. The topological polar surface area (TPSA) is 114 Å². The standard InChI is InChI=1S/C41H37N3O5S/c1-3-37(40(47)42-33-24-22-32(23-25-33)41(48)49-4-2)50-35-17-11-16-34(27-35)43-39(46)36(44-38(45)31-14-9-6-10-15-31)26-28-18-20-30(21-19-28)29-12-7-5-8-13-29/h5-27,37H,3-4H2,1-2H3,(H,42,47)(H,43,46)(H,44,45)/b36-26+. The van der Waals surface area contributed by atoms with Crippen molar-refractivity contribution >= 4 is 52.9 Å². The van der Waals surface area contributed by atoms with Gasteiger partial charge in [0, 0.05) is 21.8 Å². The predicted octanol–water partition coefficient (Wildman–Crippen LogP) is 8.45. The number of esters is 1. The number of carbonyl (C=O) groups is 4. The molecular weight excluding hydrogens is 647 g/mol. The first kappa shape index (κ1) is 35.4. The summed E-state index contributed by atoms with van der Waals surface area (Å²) in [6, 6.07) is 40.1. The lowest BCUT2D eigenvalue weighted by Crippen LogP contribution is -2.30. The van der Waals surface area contributed by atoms with Gasteiger partial charge in [0.05, 0.1) is 17.4 Å². The average Bonchev–Trinajstić information content (AvgIpc) is 3.15. The quantitative estimate of drug-likeness (QED) is 0.0652. The van der Waals surface area contributed by atoms with E-state index in [1.807, 2.05) is 73.7 Å². The molecule has 0 spiro atoms. The Morgan fingerprint density at radius 3 is 2.00 bits per heavy atom. The summed E-state index contributed by atoms with van der Waals surface area (Å²) in [5, 5.41) is 8.18. The van der Waals surface area contributed by atoms with E-state index in [0.717, 1.165) is 21.6 Å². The summed E-state index contributed by atoms with van der Waals surface area (Å²) in [4.78, 5) is 52.7. The Morgan fingerprint density at radius 1 is 0.680 bits per heavy atom. The summed E-state index contributed by atoms with van der Waals surface area (Å²) in [7, 11) is 0. The molecule has 3 amide bonds. The number of rotatable bonds is 13. The lowest BCUT2D eigenvalue weighted by atomic mass is 10.0. The summed E-state index contributed by atoms with van der Waals surface area (Å²) < 4.78 is 5.02. The summed E-state index contributed by atoms with van der Waals surface area (Å²) >= 11 is 1.37. The summed E-state index contributed by atoms with van der Waals surface area (Å²) in [5.41, 5.74) is 4.81. The van der Waals surface area contributed by atoms with Crippen LogP contribution in [0, 0.1) is 0 Å². The molecule has 1 unspecified atom stereocenters. The van der Waals surface area contributed by atoms with Gasteiger partial charge < -0.3 is 20.7 Å². The zero-order chi connectivity index (χ0) is 35.3. The van der Waals surface area contributed by atoms with E-state index < -0.39 is 23.0 Å². The number of carbonyl (C=O) groups excluding carboxylic acids is 4. The van der Waals surface area contributed by atoms with E-state index >= 15 is 0 Å². The molecule has 0 heterocycles. The van der Waals surface area contributed by atoms with Gasteiger partial charge in [-0.05, 0) is 90.7 Å². The van der Waals surface area contributed by atoms with Crippen LogP contribution >= 0.6 is 11.8 Å². The molecule has 0 aromatic heterocycles. The minimum atomic E-state index is -0.500. The monoisotopic (exact) mass is 683 g/mol. The zero-order valence-electron chi connectivity index (χ0n) is 27.7. The minimum Gasteiger partial charge on any atom is -0.462 e. The van der Waals surface area contributed by atoms with Gasteiger partial charge in [-0.25, -0.2) is 4.79 Å². The third-order valence-corrected chi connectivity index (χ3v) is 8.91. The number of hydrogen-bond donors (Lipinski definition) is 3. The van der Waals surface area contributed by atoms with Crippen LogP contribution in [0.25, 0.3) is 17.2 Å². The third kappa shape index (κ3) is 9.81. The summed E-state index contributed by atoms with van der Waals surface area (Å²) in [5.74, 6) is -1.52. The van der Waals surface area contributed by atoms with Crippen molar-refractivity contribution in [1.82, 2.24) is 5.32 Å². The second-order valence-electron chi connectivity index (χ2n) is 11.1. The Kier molecular flexibility index (Phi) is 12.4. The molecule has 0 aliphatic rings. The van der Waals surface area contributed by atoms with Crippen molar-refractivity contribution in [3.63, 3.8) is 0 Å². The van der Waals surface area contributed by atoms with Crippen LogP contribution < -0.4 is 16.0 Å². The maximum atomic E-state index is 13.7. The van der Waals surface area contributed by atoms with Crippen molar-refractivity contribution in [2.75, 3.05) is 17.2 Å². The number of benzene rings is 5.